The summed E-state index contributed by atoms with van der Waals surface area (Å²) in [7, 11) is 0. The molecule has 1 heterocycles. The van der Waals surface area contributed by atoms with Crippen molar-refractivity contribution in [2.75, 3.05) is 13.2 Å². The average Bonchev–Trinajstić information content (AvgIpc) is 1.72. The molecule has 0 amide bonds. The van der Waals surface area contributed by atoms with E-state index in [1.807, 2.05) is 0 Å². The van der Waals surface area contributed by atoms with Crippen molar-refractivity contribution in [3.05, 3.63) is 0 Å². The van der Waals surface area contributed by atoms with Gasteiger partial charge in [-0.3, -0.25) is 0 Å². The summed E-state index contributed by atoms with van der Waals surface area (Å²) in [5.74, 6) is 0. The highest BCUT2D eigenvalue weighted by atomic mass is 16.5. The maximum absolute atomic E-state index is 5.07. The van der Waals surface area contributed by atoms with E-state index in [0.717, 1.165) is 13.2 Å². The number of hydrogen-bond acceptors (Lipinski definition) is 1. The molecule has 1 saturated heterocycles. The van der Waals surface area contributed by atoms with Crippen LogP contribution in [-0.2, 0) is 4.74 Å². The first-order valence-electron chi connectivity index (χ1n) is 2.58. The van der Waals surface area contributed by atoms with Gasteiger partial charge in [0, 0.05) is 14.6 Å². The second-order valence-electron chi connectivity index (χ2n) is 1.67. The van der Waals surface area contributed by atoms with E-state index in [1.54, 1.807) is 0 Å². The Balaban J connectivity index is 0.000000360. The molecule has 1 nitrogen and oxygen atoms in total. The molecule has 0 bridgehead atoms. The zero-order chi connectivity index (χ0) is 4.24. The molecule has 1 heteroatoms. The fourth-order valence-electron chi connectivity index (χ4n) is 0.687. The topological polar surface area (TPSA) is 9.23 Å². The second kappa shape index (κ2) is 2.19. The summed E-state index contributed by atoms with van der Waals surface area (Å²) in [5.41, 5.74) is 0. The van der Waals surface area contributed by atoms with Gasteiger partial charge in [0.2, 0.25) is 0 Å². The zero-order valence-electron chi connectivity index (χ0n) is 3.94. The number of ether oxygens (including phenoxy) is 1. The van der Waals surface area contributed by atoms with Gasteiger partial charge < -0.3 is 4.74 Å². The second-order valence-corrected chi connectivity index (χ2v) is 1.67. The van der Waals surface area contributed by atoms with E-state index in [0.29, 0.717) is 0 Å². The maximum atomic E-state index is 5.07. The molecular weight excluding hydrogens is 76.1 g/mol. The fraction of sp³-hybridized carbons (Fsp3) is 1.00. The van der Waals surface area contributed by atoms with Crippen molar-refractivity contribution in [2.24, 2.45) is 0 Å². The van der Waals surface area contributed by atoms with Crippen LogP contribution in [0, 0.1) is 0 Å². The monoisotopic (exact) mass is 88.1 g/mol. The first-order chi connectivity index (χ1) is 3.00. The van der Waals surface area contributed by atoms with Crippen LogP contribution in [0.5, 0.6) is 0 Å². The Morgan fingerprint density at radius 1 is 1.00 bits per heavy atom. The van der Waals surface area contributed by atoms with Crippen LogP contribution in [0.3, 0.4) is 0 Å². The van der Waals surface area contributed by atoms with Gasteiger partial charge >= 0.3 is 0 Å². The highest BCUT2D eigenvalue weighted by molar-refractivity contribution is 4.45. The highest BCUT2D eigenvalue weighted by Crippen LogP contribution is 2.01. The SMILES string of the molecule is C1CCOCC1.[HH]. The predicted octanol–water partition coefficient (Wildman–Crippen LogP) is 1.43. The molecule has 1 aliphatic heterocycles. The molecule has 6 heavy (non-hydrogen) atoms. The van der Waals surface area contributed by atoms with Crippen molar-refractivity contribution in [3.63, 3.8) is 0 Å². The summed E-state index contributed by atoms with van der Waals surface area (Å²) in [5, 5.41) is 0. The van der Waals surface area contributed by atoms with Crippen molar-refractivity contribution in [2.45, 2.75) is 19.3 Å². The van der Waals surface area contributed by atoms with Gasteiger partial charge in [-0.05, 0) is 19.3 Å². The molecule has 1 aliphatic rings. The normalized spacial score (nSPS) is 24.0. The lowest BCUT2D eigenvalue weighted by atomic mass is 10.2. The molecule has 0 spiro atoms. The first-order valence-corrected chi connectivity index (χ1v) is 2.58. The summed E-state index contributed by atoms with van der Waals surface area (Å²) in [6.07, 6.45) is 3.93. The largest absolute Gasteiger partial charge is 0.381 e. The van der Waals surface area contributed by atoms with Crippen LogP contribution < -0.4 is 0 Å². The van der Waals surface area contributed by atoms with Crippen LogP contribution in [0.25, 0.3) is 0 Å². The van der Waals surface area contributed by atoms with Crippen molar-refractivity contribution < 1.29 is 6.16 Å². The molecule has 0 aromatic carbocycles. The molecule has 0 atom stereocenters. The molecule has 0 aliphatic carbocycles. The van der Waals surface area contributed by atoms with E-state index in [2.05, 4.69) is 0 Å². The molecule has 0 aromatic rings. The summed E-state index contributed by atoms with van der Waals surface area (Å²) < 4.78 is 5.07. The van der Waals surface area contributed by atoms with E-state index in [9.17, 15) is 0 Å². The summed E-state index contributed by atoms with van der Waals surface area (Å²) >= 11 is 0. The Kier molecular flexibility index (Phi) is 1.51. The molecule has 1 fully saturated rings. The van der Waals surface area contributed by atoms with Crippen LogP contribution in [-0.4, -0.2) is 13.2 Å². The number of rotatable bonds is 0. The Morgan fingerprint density at radius 2 is 1.67 bits per heavy atom. The zero-order valence-corrected chi connectivity index (χ0v) is 3.94. The van der Waals surface area contributed by atoms with Crippen molar-refractivity contribution in [1.82, 2.24) is 0 Å². The van der Waals surface area contributed by atoms with Crippen LogP contribution in [0.15, 0.2) is 0 Å². The van der Waals surface area contributed by atoms with Gasteiger partial charge in [0.25, 0.3) is 0 Å². The number of hydrogen-bond donors (Lipinski definition) is 0. The van der Waals surface area contributed by atoms with Crippen molar-refractivity contribution >= 4 is 0 Å². The van der Waals surface area contributed by atoms with Crippen LogP contribution in [0.2, 0.25) is 0 Å². The van der Waals surface area contributed by atoms with Gasteiger partial charge in [0.15, 0.2) is 0 Å². The molecule has 1 rings (SSSR count). The van der Waals surface area contributed by atoms with Gasteiger partial charge in [0.1, 0.15) is 0 Å². The van der Waals surface area contributed by atoms with Gasteiger partial charge in [-0.15, -0.1) is 0 Å². The lowest BCUT2D eigenvalue weighted by Crippen LogP contribution is -2.03. The Bertz CT molecular complexity index is 23.6. The van der Waals surface area contributed by atoms with Crippen LogP contribution >= 0.6 is 0 Å². The molecule has 38 valence electrons. The third kappa shape index (κ3) is 0.977. The minimum Gasteiger partial charge on any atom is -0.381 e. The van der Waals surface area contributed by atoms with Crippen molar-refractivity contribution in [3.8, 4) is 0 Å². The maximum Gasteiger partial charge on any atom is 0.0466 e. The van der Waals surface area contributed by atoms with Crippen molar-refractivity contribution in [1.29, 1.82) is 0 Å². The minimum atomic E-state index is 0. The van der Waals surface area contributed by atoms with Gasteiger partial charge in [-0.25, -0.2) is 0 Å². The molecule has 0 unspecified atom stereocenters. The predicted molar refractivity (Wildman–Crippen MR) is 26.8 cm³/mol. The summed E-state index contributed by atoms with van der Waals surface area (Å²) in [6, 6.07) is 0. The summed E-state index contributed by atoms with van der Waals surface area (Å²) in [6.45, 7) is 2.00. The van der Waals surface area contributed by atoms with Gasteiger partial charge in [0.05, 0.1) is 0 Å². The molecule has 0 aromatic heterocycles. The molecule has 0 saturated carbocycles. The molecule has 0 radical (unpaired) electrons. The minimum absolute atomic E-state index is 0. The third-order valence-electron chi connectivity index (χ3n) is 1.08. The van der Waals surface area contributed by atoms with E-state index in [1.165, 1.54) is 19.3 Å². The Labute approximate surface area is 39.8 Å². The van der Waals surface area contributed by atoms with Gasteiger partial charge in [-0.2, -0.15) is 0 Å². The van der Waals surface area contributed by atoms with Gasteiger partial charge in [-0.1, -0.05) is 0 Å². The van der Waals surface area contributed by atoms with E-state index in [4.69, 9.17) is 4.74 Å². The standard InChI is InChI=1S/C5H10O.H2/c1-2-4-6-5-3-1;/h1-5H2;1H. The van der Waals surface area contributed by atoms with Crippen LogP contribution in [0.1, 0.15) is 20.7 Å². The Hall–Kier alpha value is -0.0400. The van der Waals surface area contributed by atoms with Crippen LogP contribution in [0.4, 0.5) is 0 Å². The summed E-state index contributed by atoms with van der Waals surface area (Å²) in [4.78, 5) is 0. The third-order valence-corrected chi connectivity index (χ3v) is 1.08. The van der Waals surface area contributed by atoms with E-state index < -0.39 is 0 Å². The average molecular weight is 88.1 g/mol. The van der Waals surface area contributed by atoms with E-state index >= 15 is 0 Å². The Morgan fingerprint density at radius 3 is 1.83 bits per heavy atom. The quantitative estimate of drug-likeness (QED) is 0.435. The lowest BCUT2D eigenvalue weighted by Gasteiger charge is -2.08. The molecule has 0 N–H and O–H groups in total. The smallest absolute Gasteiger partial charge is 0.0466 e. The first kappa shape index (κ1) is 4.13. The van der Waals surface area contributed by atoms with E-state index in [-0.39, 0.29) is 1.43 Å². The highest BCUT2D eigenvalue weighted by Gasteiger charge is 1.94. The molecular formula is C5H12O. The fourth-order valence-corrected chi connectivity index (χ4v) is 0.687. The lowest BCUT2D eigenvalue weighted by molar-refractivity contribution is 0.0968.